The van der Waals surface area contributed by atoms with Gasteiger partial charge in [0.15, 0.2) is 0 Å². The van der Waals surface area contributed by atoms with Crippen LogP contribution in [-0.4, -0.2) is 32.2 Å². The van der Waals surface area contributed by atoms with Crippen LogP contribution in [0.25, 0.3) is 0 Å². The Balaban J connectivity index is 0.000000336. The van der Waals surface area contributed by atoms with Gasteiger partial charge < -0.3 is 14.2 Å². The second-order valence-electron chi connectivity index (χ2n) is 6.85. The van der Waals surface area contributed by atoms with Crippen molar-refractivity contribution in [1.82, 2.24) is 0 Å². The molecule has 1 aromatic carbocycles. The number of methoxy groups -OCH3 is 2. The molecule has 1 saturated carbocycles. The average Bonchev–Trinajstić information content (AvgIpc) is 3.09. The Morgan fingerprint density at radius 3 is 2.64 bits per heavy atom. The monoisotopic (exact) mass is 430 g/mol. The summed E-state index contributed by atoms with van der Waals surface area (Å²) in [4.78, 5) is 10.5. The Labute approximate surface area is 179 Å². The zero-order chi connectivity index (χ0) is 20.8. The highest BCUT2D eigenvalue weighted by Crippen LogP contribution is 2.30. The van der Waals surface area contributed by atoms with Crippen molar-refractivity contribution in [2.45, 2.75) is 57.4 Å². The van der Waals surface area contributed by atoms with Gasteiger partial charge in [-0.2, -0.15) is 0 Å². The highest BCUT2D eigenvalue weighted by molar-refractivity contribution is 6.30. The first-order chi connectivity index (χ1) is 13.5. The zero-order valence-electron chi connectivity index (χ0n) is 17.1. The second kappa shape index (κ2) is 14.7. The number of unbranched alkanes of at least 4 members (excludes halogenated alkanes) is 1. The predicted molar refractivity (Wildman–Crippen MR) is 115 cm³/mol. The van der Waals surface area contributed by atoms with Crippen molar-refractivity contribution >= 4 is 29.2 Å². The summed E-state index contributed by atoms with van der Waals surface area (Å²) in [5, 5.41) is 1.00. The van der Waals surface area contributed by atoms with Crippen molar-refractivity contribution in [2.24, 2.45) is 5.92 Å². The number of allylic oxidation sites excluding steroid dienone is 2. The molecule has 0 aromatic heterocycles. The summed E-state index contributed by atoms with van der Waals surface area (Å²) >= 11 is 12.1. The van der Waals surface area contributed by atoms with Crippen LogP contribution < -0.4 is 4.74 Å². The molecule has 0 radical (unpaired) electrons. The summed E-state index contributed by atoms with van der Waals surface area (Å²) in [6, 6.07) is 5.71. The number of alkyl halides is 1. The molecular weight excluding hydrogens is 399 g/mol. The van der Waals surface area contributed by atoms with Gasteiger partial charge in [0.2, 0.25) is 0 Å². The van der Waals surface area contributed by atoms with Crippen LogP contribution >= 0.6 is 23.2 Å². The second-order valence-corrected chi connectivity index (χ2v) is 7.91. The van der Waals surface area contributed by atoms with E-state index in [4.69, 9.17) is 32.7 Å². The van der Waals surface area contributed by atoms with Crippen LogP contribution in [0.2, 0.25) is 5.02 Å². The molecule has 0 amide bonds. The Hall–Kier alpha value is -1.23. The average molecular weight is 431 g/mol. The van der Waals surface area contributed by atoms with E-state index >= 15 is 0 Å². The predicted octanol–water partition coefficient (Wildman–Crippen LogP) is 6.18. The molecular formula is C22H32Cl2O4. The van der Waals surface area contributed by atoms with Gasteiger partial charge in [-0.3, -0.25) is 4.79 Å². The first-order valence-corrected chi connectivity index (χ1v) is 10.5. The lowest BCUT2D eigenvalue weighted by atomic mass is 10.1. The molecule has 2 atom stereocenters. The quantitative estimate of drug-likeness (QED) is 0.203. The smallest absolute Gasteiger partial charge is 0.305 e. The standard InChI is InChI=1S/C14H18Cl2O2.C8H14O2/c1-17-8-11-5-13(16)7-14(6-11)18-9-10-2-3-12(15)4-10;1-3-4-5-6-7-8(9)10-2/h5-7,10,12H,2-4,8-9H2,1H3;3-4H,5-7H2,1-2H3/b;4-3-. The molecule has 2 unspecified atom stereocenters. The highest BCUT2D eigenvalue weighted by Gasteiger charge is 2.23. The van der Waals surface area contributed by atoms with E-state index in [0.717, 1.165) is 50.0 Å². The lowest BCUT2D eigenvalue weighted by Crippen LogP contribution is -2.09. The summed E-state index contributed by atoms with van der Waals surface area (Å²) in [7, 11) is 3.08. The van der Waals surface area contributed by atoms with Gasteiger partial charge in [-0.25, -0.2) is 0 Å². The minimum atomic E-state index is -0.121. The fourth-order valence-electron chi connectivity index (χ4n) is 2.97. The first-order valence-electron chi connectivity index (χ1n) is 9.71. The van der Waals surface area contributed by atoms with E-state index in [9.17, 15) is 4.79 Å². The van der Waals surface area contributed by atoms with Crippen LogP contribution in [0.4, 0.5) is 0 Å². The minimum absolute atomic E-state index is 0.121. The number of hydrogen-bond acceptors (Lipinski definition) is 4. The molecule has 0 bridgehead atoms. The summed E-state index contributed by atoms with van der Waals surface area (Å²) in [5.74, 6) is 1.26. The number of ether oxygens (including phenoxy) is 3. The number of rotatable bonds is 9. The molecule has 1 aliphatic carbocycles. The van der Waals surface area contributed by atoms with Gasteiger partial charge in [-0.15, -0.1) is 11.6 Å². The molecule has 0 heterocycles. The lowest BCUT2D eigenvalue weighted by Gasteiger charge is -2.13. The molecule has 1 aromatic rings. The van der Waals surface area contributed by atoms with Crippen molar-refractivity contribution in [1.29, 1.82) is 0 Å². The van der Waals surface area contributed by atoms with E-state index in [1.165, 1.54) is 7.11 Å². The molecule has 2 rings (SSSR count). The number of carbonyl (C=O) groups is 1. The van der Waals surface area contributed by atoms with E-state index in [-0.39, 0.29) is 5.97 Å². The van der Waals surface area contributed by atoms with E-state index in [1.54, 1.807) is 7.11 Å². The Morgan fingerprint density at radius 1 is 1.25 bits per heavy atom. The third kappa shape index (κ3) is 10.9. The number of carbonyl (C=O) groups excluding carboxylic acids is 1. The van der Waals surface area contributed by atoms with Gasteiger partial charge in [-0.05, 0) is 68.7 Å². The number of halogens is 2. The molecule has 0 saturated heterocycles. The molecule has 1 aliphatic rings. The summed E-state index contributed by atoms with van der Waals surface area (Å²) in [6.07, 6.45) is 9.70. The number of hydrogen-bond donors (Lipinski definition) is 0. The molecule has 1 fully saturated rings. The van der Waals surface area contributed by atoms with Crippen LogP contribution in [0.5, 0.6) is 5.75 Å². The van der Waals surface area contributed by atoms with E-state index < -0.39 is 0 Å². The minimum Gasteiger partial charge on any atom is -0.493 e. The van der Waals surface area contributed by atoms with E-state index in [1.807, 2.05) is 37.3 Å². The van der Waals surface area contributed by atoms with Crippen LogP contribution in [0.15, 0.2) is 30.4 Å². The lowest BCUT2D eigenvalue weighted by molar-refractivity contribution is -0.140. The molecule has 158 valence electrons. The third-order valence-corrected chi connectivity index (χ3v) is 5.03. The molecule has 4 nitrogen and oxygen atoms in total. The third-order valence-electron chi connectivity index (χ3n) is 4.42. The van der Waals surface area contributed by atoms with Crippen molar-refractivity contribution in [3.8, 4) is 5.75 Å². The van der Waals surface area contributed by atoms with Crippen molar-refractivity contribution in [2.75, 3.05) is 20.8 Å². The molecule has 0 spiro atoms. The van der Waals surface area contributed by atoms with Crippen LogP contribution in [0.1, 0.15) is 51.0 Å². The van der Waals surface area contributed by atoms with Crippen molar-refractivity contribution in [3.63, 3.8) is 0 Å². The highest BCUT2D eigenvalue weighted by atomic mass is 35.5. The van der Waals surface area contributed by atoms with E-state index in [0.29, 0.717) is 29.3 Å². The van der Waals surface area contributed by atoms with Gasteiger partial charge in [-0.1, -0.05) is 23.8 Å². The van der Waals surface area contributed by atoms with Crippen LogP contribution in [-0.2, 0) is 20.9 Å². The fraction of sp³-hybridized carbons (Fsp3) is 0.591. The maximum atomic E-state index is 10.5. The first kappa shape index (κ1) is 24.8. The van der Waals surface area contributed by atoms with Gasteiger partial charge in [0.05, 0.1) is 20.3 Å². The maximum absolute atomic E-state index is 10.5. The fourth-order valence-corrected chi connectivity index (χ4v) is 3.59. The van der Waals surface area contributed by atoms with Gasteiger partial charge >= 0.3 is 5.97 Å². The van der Waals surface area contributed by atoms with Gasteiger partial charge in [0.25, 0.3) is 0 Å². The van der Waals surface area contributed by atoms with Crippen molar-refractivity contribution in [3.05, 3.63) is 40.9 Å². The molecule has 6 heteroatoms. The van der Waals surface area contributed by atoms with Gasteiger partial charge in [0.1, 0.15) is 5.75 Å². The molecule has 0 N–H and O–H groups in total. The van der Waals surface area contributed by atoms with Crippen LogP contribution in [0, 0.1) is 5.92 Å². The summed E-state index contributed by atoms with van der Waals surface area (Å²) < 4.78 is 15.4. The SMILES string of the molecule is C/C=C\CCCC(=O)OC.COCc1cc(Cl)cc(OCC2CCC(Cl)C2)c1. The number of benzene rings is 1. The summed E-state index contributed by atoms with van der Waals surface area (Å²) in [5.41, 5.74) is 1.03. The number of esters is 1. The largest absolute Gasteiger partial charge is 0.493 e. The Morgan fingerprint density at radius 2 is 2.04 bits per heavy atom. The topological polar surface area (TPSA) is 44.8 Å². The molecule has 0 aliphatic heterocycles. The van der Waals surface area contributed by atoms with E-state index in [2.05, 4.69) is 4.74 Å². The van der Waals surface area contributed by atoms with Gasteiger partial charge in [0, 0.05) is 23.9 Å². The zero-order valence-corrected chi connectivity index (χ0v) is 18.6. The van der Waals surface area contributed by atoms with Crippen molar-refractivity contribution < 1.29 is 19.0 Å². The Kier molecular flexibility index (Phi) is 13.0. The van der Waals surface area contributed by atoms with Crippen LogP contribution in [0.3, 0.4) is 0 Å². The summed E-state index contributed by atoms with van der Waals surface area (Å²) in [6.45, 7) is 3.23. The normalized spacial score (nSPS) is 18.6. The Bertz CT molecular complexity index is 604. The maximum Gasteiger partial charge on any atom is 0.305 e. The molecule has 28 heavy (non-hydrogen) atoms.